The van der Waals surface area contributed by atoms with Crippen molar-refractivity contribution in [1.82, 2.24) is 10.3 Å². The third kappa shape index (κ3) is 2.62. The molecule has 116 valence electrons. The molecular formula is C17H16N4OS. The van der Waals surface area contributed by atoms with Crippen LogP contribution in [0.2, 0.25) is 0 Å². The van der Waals surface area contributed by atoms with Crippen LogP contribution in [0.1, 0.15) is 34.0 Å². The molecule has 0 radical (unpaired) electrons. The Morgan fingerprint density at radius 3 is 3.17 bits per heavy atom. The van der Waals surface area contributed by atoms with Crippen molar-refractivity contribution < 1.29 is 4.79 Å². The van der Waals surface area contributed by atoms with E-state index in [1.54, 1.807) is 6.20 Å². The number of anilines is 1. The number of hydrogen-bond acceptors (Lipinski definition) is 5. The molecular weight excluding hydrogens is 308 g/mol. The van der Waals surface area contributed by atoms with Gasteiger partial charge in [-0.05, 0) is 37.1 Å². The Balaban J connectivity index is 1.50. The number of aromatic nitrogens is 1. The molecule has 2 aromatic rings. The van der Waals surface area contributed by atoms with E-state index in [2.05, 4.69) is 21.7 Å². The first-order valence-electron chi connectivity index (χ1n) is 7.75. The Morgan fingerprint density at radius 2 is 2.39 bits per heavy atom. The summed E-state index contributed by atoms with van der Waals surface area (Å²) in [5, 5.41) is 16.4. The van der Waals surface area contributed by atoms with Gasteiger partial charge in [-0.25, -0.2) is 0 Å². The van der Waals surface area contributed by atoms with Crippen molar-refractivity contribution >= 4 is 22.2 Å². The fourth-order valence-electron chi connectivity index (χ4n) is 3.15. The van der Waals surface area contributed by atoms with Crippen LogP contribution in [0, 0.1) is 17.2 Å². The molecule has 2 N–H and O–H groups in total. The Hall–Kier alpha value is -2.23. The summed E-state index contributed by atoms with van der Waals surface area (Å²) < 4.78 is 0. The predicted octanol–water partition coefficient (Wildman–Crippen LogP) is 2.40. The SMILES string of the molecule is N#Cc1c(NC(=O)C2CC2c2ccccn2)sc2c1CCNC2. The minimum Gasteiger partial charge on any atom is -0.316 e. The van der Waals surface area contributed by atoms with E-state index < -0.39 is 0 Å². The van der Waals surface area contributed by atoms with E-state index in [0.717, 1.165) is 37.2 Å². The molecule has 0 spiro atoms. The second kappa shape index (κ2) is 5.76. The maximum Gasteiger partial charge on any atom is 0.228 e. The summed E-state index contributed by atoms with van der Waals surface area (Å²) in [4.78, 5) is 18.0. The summed E-state index contributed by atoms with van der Waals surface area (Å²) in [5.74, 6) is 0.176. The van der Waals surface area contributed by atoms with E-state index in [0.29, 0.717) is 10.6 Å². The Labute approximate surface area is 138 Å². The van der Waals surface area contributed by atoms with Crippen LogP contribution in [-0.2, 0) is 17.8 Å². The molecule has 2 atom stereocenters. The van der Waals surface area contributed by atoms with Crippen LogP contribution in [0.5, 0.6) is 0 Å². The van der Waals surface area contributed by atoms with Crippen LogP contribution in [-0.4, -0.2) is 17.4 Å². The van der Waals surface area contributed by atoms with Crippen LogP contribution >= 0.6 is 11.3 Å². The maximum absolute atomic E-state index is 12.5. The van der Waals surface area contributed by atoms with Crippen LogP contribution in [0.15, 0.2) is 24.4 Å². The van der Waals surface area contributed by atoms with Gasteiger partial charge in [0.2, 0.25) is 5.91 Å². The average Bonchev–Trinajstić information content (AvgIpc) is 3.31. The lowest BCUT2D eigenvalue weighted by atomic mass is 10.1. The van der Waals surface area contributed by atoms with Crippen molar-refractivity contribution in [3.05, 3.63) is 46.1 Å². The topological polar surface area (TPSA) is 77.8 Å². The smallest absolute Gasteiger partial charge is 0.228 e. The normalized spacial score (nSPS) is 22.0. The first-order chi connectivity index (χ1) is 11.3. The number of hydrogen-bond donors (Lipinski definition) is 2. The van der Waals surface area contributed by atoms with E-state index in [-0.39, 0.29) is 17.7 Å². The van der Waals surface area contributed by atoms with Gasteiger partial charge < -0.3 is 10.6 Å². The molecule has 1 aliphatic carbocycles. The number of thiophene rings is 1. The molecule has 2 aromatic heterocycles. The summed E-state index contributed by atoms with van der Waals surface area (Å²) in [6, 6.07) is 8.06. The highest BCUT2D eigenvalue weighted by molar-refractivity contribution is 7.16. The zero-order valence-corrected chi connectivity index (χ0v) is 13.3. The van der Waals surface area contributed by atoms with Gasteiger partial charge >= 0.3 is 0 Å². The highest BCUT2D eigenvalue weighted by atomic mass is 32.1. The number of nitriles is 1. The number of fused-ring (bicyclic) bond motifs is 1. The first-order valence-corrected chi connectivity index (χ1v) is 8.56. The molecule has 1 aliphatic heterocycles. The third-order valence-corrected chi connectivity index (χ3v) is 5.62. The minimum atomic E-state index is -0.0336. The second-order valence-electron chi connectivity index (χ2n) is 5.94. The van der Waals surface area contributed by atoms with E-state index in [4.69, 9.17) is 0 Å². The van der Waals surface area contributed by atoms with E-state index in [1.807, 2.05) is 18.2 Å². The molecule has 0 saturated heterocycles. The first kappa shape index (κ1) is 14.4. The standard InChI is InChI=1S/C17H16N4OS/c18-8-13-10-4-6-19-9-15(10)23-17(13)21-16(22)12-7-11(12)14-3-1-2-5-20-14/h1-3,5,11-12,19H,4,6-7,9H2,(H,21,22). The monoisotopic (exact) mass is 324 g/mol. The van der Waals surface area contributed by atoms with Crippen LogP contribution in [0.4, 0.5) is 5.00 Å². The largest absolute Gasteiger partial charge is 0.316 e. The Kier molecular flexibility index (Phi) is 3.60. The zero-order chi connectivity index (χ0) is 15.8. The summed E-state index contributed by atoms with van der Waals surface area (Å²) in [7, 11) is 0. The highest BCUT2D eigenvalue weighted by Crippen LogP contribution is 2.47. The van der Waals surface area contributed by atoms with Crippen molar-refractivity contribution in [2.24, 2.45) is 5.92 Å². The van der Waals surface area contributed by atoms with Crippen molar-refractivity contribution in [3.8, 4) is 6.07 Å². The van der Waals surface area contributed by atoms with E-state index >= 15 is 0 Å². The molecule has 1 fully saturated rings. The van der Waals surface area contributed by atoms with Crippen molar-refractivity contribution in [2.45, 2.75) is 25.3 Å². The summed E-state index contributed by atoms with van der Waals surface area (Å²) in [6.07, 6.45) is 3.44. The average molecular weight is 324 g/mol. The Morgan fingerprint density at radius 1 is 1.48 bits per heavy atom. The number of carbonyl (C=O) groups excluding carboxylic acids is 1. The van der Waals surface area contributed by atoms with E-state index in [1.165, 1.54) is 16.2 Å². The van der Waals surface area contributed by atoms with Gasteiger partial charge in [0.05, 0.1) is 5.56 Å². The molecule has 0 aromatic carbocycles. The molecule has 5 nitrogen and oxygen atoms in total. The number of rotatable bonds is 3. The van der Waals surface area contributed by atoms with Gasteiger partial charge in [0, 0.05) is 35.1 Å². The number of nitrogens with one attached hydrogen (secondary N) is 2. The lowest BCUT2D eigenvalue weighted by Crippen LogP contribution is -2.22. The minimum absolute atomic E-state index is 0.00343. The number of nitrogens with zero attached hydrogens (tertiary/aromatic N) is 2. The van der Waals surface area contributed by atoms with Gasteiger partial charge in [0.15, 0.2) is 0 Å². The van der Waals surface area contributed by atoms with Gasteiger partial charge in [0.1, 0.15) is 11.1 Å². The van der Waals surface area contributed by atoms with Crippen molar-refractivity contribution in [1.29, 1.82) is 5.26 Å². The summed E-state index contributed by atoms with van der Waals surface area (Å²) >= 11 is 1.52. The Bertz CT molecular complexity index is 793. The lowest BCUT2D eigenvalue weighted by Gasteiger charge is -2.11. The molecule has 1 saturated carbocycles. The highest BCUT2D eigenvalue weighted by Gasteiger charge is 2.45. The summed E-state index contributed by atoms with van der Waals surface area (Å²) in [6.45, 7) is 1.67. The molecule has 3 heterocycles. The van der Waals surface area contributed by atoms with Gasteiger partial charge in [-0.15, -0.1) is 11.3 Å². The lowest BCUT2D eigenvalue weighted by molar-refractivity contribution is -0.117. The molecule has 2 unspecified atom stereocenters. The van der Waals surface area contributed by atoms with Gasteiger partial charge in [-0.2, -0.15) is 5.26 Å². The molecule has 4 rings (SSSR count). The predicted molar refractivity (Wildman–Crippen MR) is 88.2 cm³/mol. The third-order valence-electron chi connectivity index (χ3n) is 4.47. The number of carbonyl (C=O) groups is 1. The van der Waals surface area contributed by atoms with Gasteiger partial charge in [0.25, 0.3) is 0 Å². The van der Waals surface area contributed by atoms with Crippen molar-refractivity contribution in [2.75, 3.05) is 11.9 Å². The fourth-order valence-corrected chi connectivity index (χ4v) is 4.32. The van der Waals surface area contributed by atoms with Crippen molar-refractivity contribution in [3.63, 3.8) is 0 Å². The zero-order valence-electron chi connectivity index (χ0n) is 12.5. The maximum atomic E-state index is 12.5. The number of amides is 1. The molecule has 1 amide bonds. The van der Waals surface area contributed by atoms with Crippen LogP contribution in [0.25, 0.3) is 0 Å². The number of pyridine rings is 1. The quantitative estimate of drug-likeness (QED) is 0.909. The van der Waals surface area contributed by atoms with Gasteiger partial charge in [-0.3, -0.25) is 9.78 Å². The van der Waals surface area contributed by atoms with Crippen LogP contribution in [0.3, 0.4) is 0 Å². The molecule has 23 heavy (non-hydrogen) atoms. The van der Waals surface area contributed by atoms with Gasteiger partial charge in [-0.1, -0.05) is 6.07 Å². The fraction of sp³-hybridized carbons (Fsp3) is 0.353. The molecule has 6 heteroatoms. The van der Waals surface area contributed by atoms with Crippen LogP contribution < -0.4 is 10.6 Å². The summed E-state index contributed by atoms with van der Waals surface area (Å²) in [5.41, 5.74) is 2.72. The second-order valence-corrected chi connectivity index (χ2v) is 7.04. The molecule has 2 aliphatic rings. The van der Waals surface area contributed by atoms with E-state index in [9.17, 15) is 10.1 Å². The molecule has 0 bridgehead atoms.